The normalized spacial score (nSPS) is 10.9. The van der Waals surface area contributed by atoms with Crippen LogP contribution in [-0.4, -0.2) is 32.8 Å². The summed E-state index contributed by atoms with van der Waals surface area (Å²) in [6.07, 6.45) is 1.76. The van der Waals surface area contributed by atoms with Gasteiger partial charge >= 0.3 is 0 Å². The lowest BCUT2D eigenvalue weighted by Crippen LogP contribution is -2.22. The molecule has 0 saturated carbocycles. The Kier molecular flexibility index (Phi) is 3.27. The van der Waals surface area contributed by atoms with Crippen LogP contribution < -0.4 is 5.32 Å². The summed E-state index contributed by atoms with van der Waals surface area (Å²) in [5.74, 6) is 0.606. The van der Waals surface area contributed by atoms with Gasteiger partial charge in [-0.2, -0.15) is 9.61 Å². The minimum Gasteiger partial charge on any atom is -0.354 e. The molecule has 0 bridgehead atoms. The van der Waals surface area contributed by atoms with E-state index < -0.39 is 0 Å². The highest BCUT2D eigenvalue weighted by Gasteiger charge is 2.17. The molecular weight excluding hydrogens is 230 g/mol. The Morgan fingerprint density at radius 1 is 1.28 bits per heavy atom. The zero-order chi connectivity index (χ0) is 13.3. The van der Waals surface area contributed by atoms with Crippen LogP contribution >= 0.6 is 0 Å². The van der Waals surface area contributed by atoms with Crippen molar-refractivity contribution in [2.24, 2.45) is 0 Å². The van der Waals surface area contributed by atoms with E-state index in [-0.39, 0.29) is 5.91 Å². The second kappa shape index (κ2) is 4.72. The first-order valence-corrected chi connectivity index (χ1v) is 6.03. The van der Waals surface area contributed by atoms with Crippen molar-refractivity contribution in [2.75, 3.05) is 7.05 Å². The van der Waals surface area contributed by atoms with E-state index in [2.05, 4.69) is 27.5 Å². The molecule has 6 heteroatoms. The van der Waals surface area contributed by atoms with Crippen molar-refractivity contribution in [3.05, 3.63) is 22.6 Å². The fraction of sp³-hybridized carbons (Fsp3) is 0.500. The molecule has 0 radical (unpaired) electrons. The van der Waals surface area contributed by atoms with E-state index in [1.54, 1.807) is 11.6 Å². The second-order valence-corrected chi connectivity index (χ2v) is 4.28. The summed E-state index contributed by atoms with van der Waals surface area (Å²) >= 11 is 0. The van der Waals surface area contributed by atoms with E-state index in [4.69, 9.17) is 0 Å². The third kappa shape index (κ3) is 1.83. The van der Waals surface area contributed by atoms with Crippen molar-refractivity contribution in [1.82, 2.24) is 25.1 Å². The second-order valence-electron chi connectivity index (χ2n) is 4.28. The van der Waals surface area contributed by atoms with Crippen LogP contribution in [-0.2, 0) is 6.42 Å². The Bertz CT molecular complexity index is 602. The number of aryl methyl sites for hydroxylation is 2. The number of nitrogens with zero attached hydrogens (tertiary/aromatic N) is 4. The van der Waals surface area contributed by atoms with E-state index in [9.17, 15) is 4.79 Å². The van der Waals surface area contributed by atoms with E-state index in [0.717, 1.165) is 35.4 Å². The lowest BCUT2D eigenvalue weighted by atomic mass is 10.1. The molecule has 0 unspecified atom stereocenters. The summed E-state index contributed by atoms with van der Waals surface area (Å²) in [5, 5.41) is 15.2. The number of amides is 1. The van der Waals surface area contributed by atoms with Crippen LogP contribution in [0.5, 0.6) is 0 Å². The molecule has 1 N–H and O–H groups in total. The Hall–Kier alpha value is -1.98. The molecule has 0 saturated heterocycles. The van der Waals surface area contributed by atoms with Crippen LogP contribution in [0.4, 0.5) is 0 Å². The molecule has 0 spiro atoms. The van der Waals surface area contributed by atoms with Gasteiger partial charge in [-0.3, -0.25) is 4.79 Å². The molecule has 0 atom stereocenters. The van der Waals surface area contributed by atoms with E-state index in [1.807, 2.05) is 13.8 Å². The van der Waals surface area contributed by atoms with Crippen LogP contribution in [0.15, 0.2) is 0 Å². The Labute approximate surface area is 105 Å². The van der Waals surface area contributed by atoms with Gasteiger partial charge in [-0.15, -0.1) is 10.2 Å². The van der Waals surface area contributed by atoms with Crippen molar-refractivity contribution >= 4 is 11.6 Å². The average Bonchev–Trinajstić information content (AvgIpc) is 2.76. The number of fused-ring (bicyclic) bond motifs is 1. The molecule has 96 valence electrons. The number of carbonyl (C=O) groups is 1. The molecule has 0 fully saturated rings. The molecule has 2 aromatic rings. The maximum absolute atomic E-state index is 11.8. The third-order valence-electron chi connectivity index (χ3n) is 3.07. The number of nitrogens with one attached hydrogen (secondary N) is 1. The van der Waals surface area contributed by atoms with Crippen LogP contribution in [0.3, 0.4) is 0 Å². The fourth-order valence-electron chi connectivity index (χ4n) is 1.88. The monoisotopic (exact) mass is 247 g/mol. The number of carbonyl (C=O) groups excluding carboxylic acids is 1. The fourth-order valence-corrected chi connectivity index (χ4v) is 1.88. The summed E-state index contributed by atoms with van der Waals surface area (Å²) in [6, 6.07) is 0. The summed E-state index contributed by atoms with van der Waals surface area (Å²) < 4.78 is 1.68. The van der Waals surface area contributed by atoms with E-state index in [1.165, 1.54) is 0 Å². The quantitative estimate of drug-likeness (QED) is 0.880. The zero-order valence-electron chi connectivity index (χ0n) is 11.1. The van der Waals surface area contributed by atoms with Gasteiger partial charge in [0, 0.05) is 19.0 Å². The van der Waals surface area contributed by atoms with Crippen molar-refractivity contribution in [3.8, 4) is 0 Å². The number of hydrogen-bond acceptors (Lipinski definition) is 4. The summed E-state index contributed by atoms with van der Waals surface area (Å²) in [7, 11) is 1.60. The van der Waals surface area contributed by atoms with E-state index >= 15 is 0 Å². The van der Waals surface area contributed by atoms with Gasteiger partial charge in [-0.25, -0.2) is 0 Å². The van der Waals surface area contributed by atoms with Crippen LogP contribution in [0.25, 0.3) is 5.65 Å². The van der Waals surface area contributed by atoms with Gasteiger partial charge in [0.2, 0.25) is 0 Å². The zero-order valence-corrected chi connectivity index (χ0v) is 11.1. The molecule has 18 heavy (non-hydrogen) atoms. The Morgan fingerprint density at radius 2 is 2.00 bits per heavy atom. The molecular formula is C12H17N5O. The first-order chi connectivity index (χ1) is 8.60. The Morgan fingerprint density at radius 3 is 2.61 bits per heavy atom. The van der Waals surface area contributed by atoms with Gasteiger partial charge in [-0.05, 0) is 25.8 Å². The third-order valence-corrected chi connectivity index (χ3v) is 3.07. The first-order valence-electron chi connectivity index (χ1n) is 6.03. The first kappa shape index (κ1) is 12.5. The predicted octanol–water partition coefficient (Wildman–Crippen LogP) is 1.05. The molecule has 0 aliphatic heterocycles. The molecule has 0 aliphatic carbocycles. The minimum atomic E-state index is -0.186. The van der Waals surface area contributed by atoms with Crippen LogP contribution in [0.2, 0.25) is 0 Å². The van der Waals surface area contributed by atoms with Crippen molar-refractivity contribution in [1.29, 1.82) is 0 Å². The SMILES string of the molecule is CCCc1nnc2c(C)c(C)c(C(=O)NC)nn12. The number of rotatable bonds is 3. The molecule has 2 aromatic heterocycles. The lowest BCUT2D eigenvalue weighted by molar-refractivity contribution is 0.0956. The highest BCUT2D eigenvalue weighted by molar-refractivity contribution is 5.94. The van der Waals surface area contributed by atoms with Crippen molar-refractivity contribution in [2.45, 2.75) is 33.6 Å². The van der Waals surface area contributed by atoms with Gasteiger partial charge in [-0.1, -0.05) is 6.92 Å². The molecule has 1 amide bonds. The van der Waals surface area contributed by atoms with E-state index in [0.29, 0.717) is 5.69 Å². The highest BCUT2D eigenvalue weighted by Crippen LogP contribution is 2.16. The minimum absolute atomic E-state index is 0.186. The number of aromatic nitrogens is 4. The highest BCUT2D eigenvalue weighted by atomic mass is 16.1. The van der Waals surface area contributed by atoms with Crippen LogP contribution in [0.1, 0.15) is 40.8 Å². The largest absolute Gasteiger partial charge is 0.354 e. The topological polar surface area (TPSA) is 72.2 Å². The van der Waals surface area contributed by atoms with Gasteiger partial charge in [0.15, 0.2) is 17.2 Å². The number of hydrogen-bond donors (Lipinski definition) is 1. The van der Waals surface area contributed by atoms with Crippen molar-refractivity contribution < 1.29 is 4.79 Å². The van der Waals surface area contributed by atoms with Gasteiger partial charge in [0.25, 0.3) is 5.91 Å². The summed E-state index contributed by atoms with van der Waals surface area (Å²) in [6.45, 7) is 5.88. The Balaban J connectivity index is 2.70. The van der Waals surface area contributed by atoms with Gasteiger partial charge in [0.1, 0.15) is 0 Å². The van der Waals surface area contributed by atoms with Crippen molar-refractivity contribution in [3.63, 3.8) is 0 Å². The van der Waals surface area contributed by atoms with Gasteiger partial charge < -0.3 is 5.32 Å². The molecule has 0 aromatic carbocycles. The smallest absolute Gasteiger partial charge is 0.271 e. The molecule has 2 rings (SSSR count). The summed E-state index contributed by atoms with van der Waals surface area (Å²) in [4.78, 5) is 11.8. The maximum atomic E-state index is 11.8. The molecule has 6 nitrogen and oxygen atoms in total. The summed E-state index contributed by atoms with van der Waals surface area (Å²) in [5.41, 5.74) is 2.94. The molecule has 0 aliphatic rings. The van der Waals surface area contributed by atoms with Gasteiger partial charge in [0.05, 0.1) is 0 Å². The standard InChI is InChI=1S/C12H17N5O/c1-5-6-9-14-15-11-8(3)7(2)10(12(18)13-4)16-17(9)11/h5-6H2,1-4H3,(H,13,18). The molecule has 2 heterocycles. The average molecular weight is 247 g/mol. The lowest BCUT2D eigenvalue weighted by Gasteiger charge is -2.08. The predicted molar refractivity (Wildman–Crippen MR) is 67.6 cm³/mol. The van der Waals surface area contributed by atoms with Crippen LogP contribution in [0, 0.1) is 13.8 Å². The maximum Gasteiger partial charge on any atom is 0.271 e.